The van der Waals surface area contributed by atoms with Crippen molar-refractivity contribution < 1.29 is 4.79 Å². The predicted molar refractivity (Wildman–Crippen MR) is 78.0 cm³/mol. The number of rotatable bonds is 4. The molecule has 0 bridgehead atoms. The minimum atomic E-state index is -0.231. The van der Waals surface area contributed by atoms with Gasteiger partial charge in [0, 0.05) is 17.3 Å². The maximum Gasteiger partial charge on any atom is 0.228 e. The Morgan fingerprint density at radius 2 is 1.95 bits per heavy atom. The lowest BCUT2D eigenvalue weighted by Gasteiger charge is -2.15. The van der Waals surface area contributed by atoms with Crippen molar-refractivity contribution in [3.63, 3.8) is 0 Å². The van der Waals surface area contributed by atoms with Gasteiger partial charge < -0.3 is 11.1 Å². The number of nitrogens with one attached hydrogen (secondary N) is 2. The van der Waals surface area contributed by atoms with Crippen LogP contribution in [0.15, 0.2) is 24.3 Å². The lowest BCUT2D eigenvalue weighted by Crippen LogP contribution is -2.34. The van der Waals surface area contributed by atoms with Gasteiger partial charge in [-0.2, -0.15) is 5.10 Å². The van der Waals surface area contributed by atoms with Crippen LogP contribution in [0, 0.1) is 12.8 Å². The van der Waals surface area contributed by atoms with Crippen molar-refractivity contribution in [3.8, 4) is 11.4 Å². The summed E-state index contributed by atoms with van der Waals surface area (Å²) in [4.78, 5) is 16.1. The molecule has 0 aliphatic rings. The Morgan fingerprint density at radius 1 is 1.30 bits per heavy atom. The van der Waals surface area contributed by atoms with Crippen LogP contribution in [0.25, 0.3) is 11.4 Å². The Balaban J connectivity index is 2.07. The maximum absolute atomic E-state index is 11.9. The van der Waals surface area contributed by atoms with Crippen molar-refractivity contribution in [1.29, 1.82) is 0 Å². The van der Waals surface area contributed by atoms with Crippen molar-refractivity contribution in [2.24, 2.45) is 11.7 Å². The van der Waals surface area contributed by atoms with E-state index >= 15 is 0 Å². The molecule has 1 amide bonds. The Kier molecular flexibility index (Phi) is 4.14. The lowest BCUT2D eigenvalue weighted by molar-refractivity contribution is -0.119. The highest BCUT2D eigenvalue weighted by Gasteiger charge is 2.17. The number of aromatic nitrogens is 3. The fraction of sp³-hybridized carbons (Fsp3) is 0.357. The zero-order chi connectivity index (χ0) is 14.7. The molecule has 0 aliphatic heterocycles. The number of nitrogens with zero attached hydrogens (tertiary/aromatic N) is 2. The Hall–Kier alpha value is -2.21. The summed E-state index contributed by atoms with van der Waals surface area (Å²) in [6.45, 7) is 5.48. The standard InChI is InChI=1S/C14H19N5O/c1-8(9(2)15)14(20)17-12-6-4-11(5-7-12)13-16-10(3)18-19-13/h4-9H,15H2,1-3H3,(H,17,20)(H,16,18,19). The molecule has 2 atom stereocenters. The molecule has 0 fully saturated rings. The number of carbonyl (C=O) groups excluding carboxylic acids is 1. The molecule has 1 heterocycles. The second-order valence-electron chi connectivity index (χ2n) is 4.96. The van der Waals surface area contributed by atoms with Gasteiger partial charge in [-0.15, -0.1) is 0 Å². The smallest absolute Gasteiger partial charge is 0.228 e. The van der Waals surface area contributed by atoms with Gasteiger partial charge in [-0.1, -0.05) is 6.92 Å². The predicted octanol–water partition coefficient (Wildman–Crippen LogP) is 1.70. The molecule has 0 saturated carbocycles. The molecule has 0 aliphatic carbocycles. The number of amides is 1. The maximum atomic E-state index is 11.9. The highest BCUT2D eigenvalue weighted by molar-refractivity contribution is 5.92. The van der Waals surface area contributed by atoms with Crippen LogP contribution in [0.5, 0.6) is 0 Å². The molecule has 1 aromatic heterocycles. The minimum Gasteiger partial charge on any atom is -0.327 e. The fourth-order valence-electron chi connectivity index (χ4n) is 1.67. The van der Waals surface area contributed by atoms with Crippen LogP contribution in [0.2, 0.25) is 0 Å². The van der Waals surface area contributed by atoms with Gasteiger partial charge in [0.15, 0.2) is 5.82 Å². The summed E-state index contributed by atoms with van der Waals surface area (Å²) in [5.41, 5.74) is 7.34. The summed E-state index contributed by atoms with van der Waals surface area (Å²) < 4.78 is 0. The van der Waals surface area contributed by atoms with Crippen molar-refractivity contribution in [1.82, 2.24) is 15.2 Å². The van der Waals surface area contributed by atoms with E-state index in [1.807, 2.05) is 45.0 Å². The summed E-state index contributed by atoms with van der Waals surface area (Å²) in [5.74, 6) is 1.10. The number of benzene rings is 1. The fourth-order valence-corrected chi connectivity index (χ4v) is 1.67. The van der Waals surface area contributed by atoms with Crippen LogP contribution in [0.3, 0.4) is 0 Å². The van der Waals surface area contributed by atoms with Gasteiger partial charge in [0.1, 0.15) is 5.82 Å². The molecule has 20 heavy (non-hydrogen) atoms. The number of H-pyrrole nitrogens is 1. The first-order chi connectivity index (χ1) is 9.47. The molecular formula is C14H19N5O. The van der Waals surface area contributed by atoms with Crippen LogP contribution in [0.4, 0.5) is 5.69 Å². The molecular weight excluding hydrogens is 254 g/mol. The van der Waals surface area contributed by atoms with Gasteiger partial charge in [0.2, 0.25) is 5.91 Å². The van der Waals surface area contributed by atoms with Gasteiger partial charge >= 0.3 is 0 Å². The molecule has 0 spiro atoms. The number of anilines is 1. The molecule has 106 valence electrons. The summed E-state index contributed by atoms with van der Waals surface area (Å²) in [6, 6.07) is 7.22. The summed E-state index contributed by atoms with van der Waals surface area (Å²) in [6.07, 6.45) is 0. The molecule has 0 saturated heterocycles. The van der Waals surface area contributed by atoms with E-state index in [4.69, 9.17) is 5.73 Å². The first-order valence-corrected chi connectivity index (χ1v) is 6.53. The van der Waals surface area contributed by atoms with E-state index in [1.165, 1.54) is 0 Å². The van der Waals surface area contributed by atoms with Crippen LogP contribution in [-0.2, 0) is 4.79 Å². The average molecular weight is 273 g/mol. The zero-order valence-electron chi connectivity index (χ0n) is 11.8. The van der Waals surface area contributed by atoms with Crippen molar-refractivity contribution in [2.45, 2.75) is 26.8 Å². The molecule has 6 nitrogen and oxygen atoms in total. The molecule has 2 aromatic rings. The SMILES string of the molecule is Cc1nc(-c2ccc(NC(=O)C(C)C(C)N)cc2)n[nH]1. The van der Waals surface area contributed by atoms with Crippen LogP contribution in [-0.4, -0.2) is 27.1 Å². The third-order valence-corrected chi connectivity index (χ3v) is 3.21. The molecule has 2 rings (SSSR count). The third kappa shape index (κ3) is 3.21. The van der Waals surface area contributed by atoms with Crippen LogP contribution < -0.4 is 11.1 Å². The van der Waals surface area contributed by atoms with E-state index in [1.54, 1.807) is 0 Å². The minimum absolute atomic E-state index is 0.0820. The van der Waals surface area contributed by atoms with E-state index in [0.717, 1.165) is 17.1 Å². The summed E-state index contributed by atoms with van der Waals surface area (Å²) >= 11 is 0. The normalized spacial score (nSPS) is 13.8. The van der Waals surface area contributed by atoms with Crippen LogP contribution >= 0.6 is 0 Å². The monoisotopic (exact) mass is 273 g/mol. The van der Waals surface area contributed by atoms with E-state index in [0.29, 0.717) is 5.82 Å². The van der Waals surface area contributed by atoms with Gasteiger partial charge in [-0.25, -0.2) is 4.98 Å². The van der Waals surface area contributed by atoms with E-state index in [-0.39, 0.29) is 17.9 Å². The van der Waals surface area contributed by atoms with Crippen molar-refractivity contribution in [3.05, 3.63) is 30.1 Å². The lowest BCUT2D eigenvalue weighted by atomic mass is 10.0. The third-order valence-electron chi connectivity index (χ3n) is 3.21. The van der Waals surface area contributed by atoms with Crippen LogP contribution in [0.1, 0.15) is 19.7 Å². The molecule has 6 heteroatoms. The second kappa shape index (κ2) is 5.83. The highest BCUT2D eigenvalue weighted by atomic mass is 16.1. The molecule has 0 radical (unpaired) electrons. The number of hydrogen-bond donors (Lipinski definition) is 3. The number of carbonyl (C=O) groups is 1. The highest BCUT2D eigenvalue weighted by Crippen LogP contribution is 2.18. The first kappa shape index (κ1) is 14.2. The summed E-state index contributed by atoms with van der Waals surface area (Å²) in [7, 11) is 0. The average Bonchev–Trinajstić information content (AvgIpc) is 2.85. The topological polar surface area (TPSA) is 96.7 Å². The molecule has 1 aromatic carbocycles. The number of aryl methyl sites for hydroxylation is 1. The number of aromatic amines is 1. The van der Waals surface area contributed by atoms with E-state index < -0.39 is 0 Å². The quantitative estimate of drug-likeness (QED) is 0.790. The van der Waals surface area contributed by atoms with E-state index in [2.05, 4.69) is 20.5 Å². The van der Waals surface area contributed by atoms with Gasteiger partial charge in [-0.3, -0.25) is 9.89 Å². The number of hydrogen-bond acceptors (Lipinski definition) is 4. The van der Waals surface area contributed by atoms with Gasteiger partial charge in [-0.05, 0) is 38.1 Å². The largest absolute Gasteiger partial charge is 0.327 e. The second-order valence-corrected chi connectivity index (χ2v) is 4.96. The Morgan fingerprint density at radius 3 is 2.45 bits per heavy atom. The zero-order valence-corrected chi connectivity index (χ0v) is 11.8. The van der Waals surface area contributed by atoms with Gasteiger partial charge in [0.25, 0.3) is 0 Å². The Bertz CT molecular complexity index is 588. The van der Waals surface area contributed by atoms with Gasteiger partial charge in [0.05, 0.1) is 5.92 Å². The van der Waals surface area contributed by atoms with E-state index in [9.17, 15) is 4.79 Å². The van der Waals surface area contributed by atoms with Crippen molar-refractivity contribution >= 4 is 11.6 Å². The first-order valence-electron chi connectivity index (χ1n) is 6.53. The Labute approximate surface area is 117 Å². The molecule has 4 N–H and O–H groups in total. The molecule has 2 unspecified atom stereocenters. The van der Waals surface area contributed by atoms with Crippen molar-refractivity contribution in [2.75, 3.05) is 5.32 Å². The number of nitrogens with two attached hydrogens (primary N) is 1. The summed E-state index contributed by atoms with van der Waals surface area (Å²) in [5, 5.41) is 9.72.